The predicted octanol–water partition coefficient (Wildman–Crippen LogP) is 4.51. The van der Waals surface area contributed by atoms with E-state index in [0.29, 0.717) is 17.2 Å². The van der Waals surface area contributed by atoms with Gasteiger partial charge in [-0.1, -0.05) is 6.07 Å². The minimum atomic E-state index is 0.674. The lowest BCUT2D eigenvalue weighted by Crippen LogP contribution is -1.93. The Morgan fingerprint density at radius 2 is 1.60 bits per heavy atom. The quantitative estimate of drug-likeness (QED) is 0.649. The van der Waals surface area contributed by atoms with Gasteiger partial charge in [-0.3, -0.25) is 0 Å². The number of rotatable bonds is 6. The summed E-state index contributed by atoms with van der Waals surface area (Å²) < 4.78 is 21.6. The Morgan fingerprint density at radius 1 is 0.800 bits per heavy atom. The minimum Gasteiger partial charge on any atom is -0.497 e. The van der Waals surface area contributed by atoms with Crippen molar-refractivity contribution in [1.29, 1.82) is 0 Å². The van der Waals surface area contributed by atoms with E-state index in [4.69, 9.17) is 23.9 Å². The van der Waals surface area contributed by atoms with Gasteiger partial charge in [-0.25, -0.2) is 4.98 Å². The van der Waals surface area contributed by atoms with Gasteiger partial charge in [0.15, 0.2) is 11.5 Å². The largest absolute Gasteiger partial charge is 0.497 e. The van der Waals surface area contributed by atoms with E-state index in [9.17, 15) is 0 Å². The zero-order chi connectivity index (χ0) is 17.8. The highest BCUT2D eigenvalue weighted by Crippen LogP contribution is 2.41. The van der Waals surface area contributed by atoms with E-state index in [1.54, 1.807) is 39.8 Å². The molecule has 0 aliphatic heterocycles. The van der Waals surface area contributed by atoms with Crippen LogP contribution in [0.2, 0.25) is 0 Å². The number of thiazole rings is 1. The zero-order valence-electron chi connectivity index (χ0n) is 14.5. The molecule has 0 spiro atoms. The van der Waals surface area contributed by atoms with Crippen molar-refractivity contribution in [2.45, 2.75) is 0 Å². The highest BCUT2D eigenvalue weighted by molar-refractivity contribution is 7.13. The van der Waals surface area contributed by atoms with Crippen LogP contribution in [-0.4, -0.2) is 33.4 Å². The Balaban J connectivity index is 2.05. The molecule has 6 heteroatoms. The fourth-order valence-corrected chi connectivity index (χ4v) is 3.43. The fourth-order valence-electron chi connectivity index (χ4n) is 2.59. The minimum absolute atomic E-state index is 0.674. The first-order valence-electron chi connectivity index (χ1n) is 7.61. The van der Waals surface area contributed by atoms with Crippen LogP contribution in [0, 0.1) is 0 Å². The number of ether oxygens (including phenoxy) is 4. The third-order valence-electron chi connectivity index (χ3n) is 3.82. The maximum Gasteiger partial charge on any atom is 0.170 e. The Hall–Kier alpha value is -2.73. The van der Waals surface area contributed by atoms with Crippen molar-refractivity contribution < 1.29 is 18.9 Å². The van der Waals surface area contributed by atoms with Gasteiger partial charge in [-0.15, -0.1) is 11.3 Å². The molecule has 25 heavy (non-hydrogen) atoms. The second-order valence-corrected chi connectivity index (χ2v) is 6.00. The summed E-state index contributed by atoms with van der Waals surface area (Å²) in [5, 5.41) is 2.85. The second kappa shape index (κ2) is 7.44. The van der Waals surface area contributed by atoms with Crippen molar-refractivity contribution >= 4 is 11.3 Å². The van der Waals surface area contributed by atoms with Crippen LogP contribution in [0.3, 0.4) is 0 Å². The number of nitrogens with zero attached hydrogens (tertiary/aromatic N) is 1. The first kappa shape index (κ1) is 17.1. The highest BCUT2D eigenvalue weighted by Gasteiger charge is 2.16. The molecule has 0 amide bonds. The van der Waals surface area contributed by atoms with Gasteiger partial charge in [0.1, 0.15) is 16.5 Å². The van der Waals surface area contributed by atoms with E-state index >= 15 is 0 Å². The summed E-state index contributed by atoms with van der Waals surface area (Å²) in [6.07, 6.45) is 0. The van der Waals surface area contributed by atoms with Gasteiger partial charge < -0.3 is 18.9 Å². The van der Waals surface area contributed by atoms with Crippen LogP contribution in [0.4, 0.5) is 0 Å². The average Bonchev–Trinajstić information content (AvgIpc) is 3.16. The van der Waals surface area contributed by atoms with Crippen LogP contribution in [-0.2, 0) is 0 Å². The van der Waals surface area contributed by atoms with Gasteiger partial charge in [-0.05, 0) is 24.3 Å². The highest BCUT2D eigenvalue weighted by atomic mass is 32.1. The molecular formula is C19H19NO4S. The van der Waals surface area contributed by atoms with Crippen LogP contribution in [0.25, 0.3) is 21.8 Å². The maximum absolute atomic E-state index is 5.51. The molecule has 5 nitrogen and oxygen atoms in total. The number of benzene rings is 2. The summed E-state index contributed by atoms with van der Waals surface area (Å²) in [5.74, 6) is 2.81. The molecule has 2 aromatic carbocycles. The lowest BCUT2D eigenvalue weighted by Gasteiger charge is -2.11. The van der Waals surface area contributed by atoms with Crippen LogP contribution < -0.4 is 18.9 Å². The molecule has 3 rings (SSSR count). The molecule has 130 valence electrons. The molecule has 3 aromatic rings. The predicted molar refractivity (Wildman–Crippen MR) is 99.2 cm³/mol. The Labute approximate surface area is 150 Å². The van der Waals surface area contributed by atoms with E-state index in [0.717, 1.165) is 27.6 Å². The van der Waals surface area contributed by atoms with Gasteiger partial charge >= 0.3 is 0 Å². The summed E-state index contributed by atoms with van der Waals surface area (Å²) in [6.45, 7) is 0. The van der Waals surface area contributed by atoms with Gasteiger partial charge in [0, 0.05) is 17.0 Å². The van der Waals surface area contributed by atoms with Gasteiger partial charge in [0.25, 0.3) is 0 Å². The molecule has 0 unspecified atom stereocenters. The summed E-state index contributed by atoms with van der Waals surface area (Å²) in [7, 11) is 6.51. The molecule has 0 aliphatic rings. The summed E-state index contributed by atoms with van der Waals surface area (Å²) in [4.78, 5) is 4.76. The topological polar surface area (TPSA) is 49.8 Å². The third-order valence-corrected chi connectivity index (χ3v) is 4.70. The van der Waals surface area contributed by atoms with Gasteiger partial charge in [-0.2, -0.15) is 0 Å². The third kappa shape index (κ3) is 3.25. The molecule has 0 saturated heterocycles. The van der Waals surface area contributed by atoms with E-state index < -0.39 is 0 Å². The number of hydrogen-bond acceptors (Lipinski definition) is 6. The first-order valence-corrected chi connectivity index (χ1v) is 8.49. The molecule has 1 heterocycles. The maximum atomic E-state index is 5.51. The van der Waals surface area contributed by atoms with Crippen molar-refractivity contribution in [3.8, 4) is 44.8 Å². The second-order valence-electron chi connectivity index (χ2n) is 5.15. The normalized spacial score (nSPS) is 10.4. The van der Waals surface area contributed by atoms with Crippen LogP contribution in [0.15, 0.2) is 41.8 Å². The van der Waals surface area contributed by atoms with E-state index in [1.807, 2.05) is 41.8 Å². The molecule has 0 aliphatic carbocycles. The molecule has 0 radical (unpaired) electrons. The molecule has 0 fully saturated rings. The van der Waals surface area contributed by atoms with Crippen molar-refractivity contribution in [1.82, 2.24) is 4.98 Å². The van der Waals surface area contributed by atoms with E-state index in [2.05, 4.69) is 0 Å². The van der Waals surface area contributed by atoms with Crippen molar-refractivity contribution in [3.63, 3.8) is 0 Å². The first-order chi connectivity index (χ1) is 12.2. The monoisotopic (exact) mass is 357 g/mol. The summed E-state index contributed by atoms with van der Waals surface area (Å²) in [6, 6.07) is 11.4. The SMILES string of the molecule is COc1ccc(-c2csc(-c3cccc(OC)c3OC)n2)c(OC)c1. The molecular weight excluding hydrogens is 338 g/mol. The zero-order valence-corrected chi connectivity index (χ0v) is 15.3. The Bertz CT molecular complexity index is 876. The summed E-state index contributed by atoms with van der Waals surface area (Å²) >= 11 is 1.54. The smallest absolute Gasteiger partial charge is 0.170 e. The fraction of sp³-hybridized carbons (Fsp3) is 0.211. The van der Waals surface area contributed by atoms with Crippen molar-refractivity contribution in [2.24, 2.45) is 0 Å². The van der Waals surface area contributed by atoms with Gasteiger partial charge in [0.2, 0.25) is 0 Å². The van der Waals surface area contributed by atoms with Crippen LogP contribution in [0.1, 0.15) is 0 Å². The molecule has 1 aromatic heterocycles. The lowest BCUT2D eigenvalue weighted by atomic mass is 10.1. The average molecular weight is 357 g/mol. The number of para-hydroxylation sites is 1. The molecule has 0 atom stereocenters. The van der Waals surface area contributed by atoms with Crippen molar-refractivity contribution in [2.75, 3.05) is 28.4 Å². The number of methoxy groups -OCH3 is 4. The van der Waals surface area contributed by atoms with E-state index in [1.165, 1.54) is 0 Å². The van der Waals surface area contributed by atoms with Crippen LogP contribution in [0.5, 0.6) is 23.0 Å². The number of aromatic nitrogens is 1. The molecule has 0 N–H and O–H groups in total. The van der Waals surface area contributed by atoms with Crippen LogP contribution >= 0.6 is 11.3 Å². The Morgan fingerprint density at radius 3 is 2.28 bits per heavy atom. The molecule has 0 bridgehead atoms. The number of hydrogen-bond donors (Lipinski definition) is 0. The summed E-state index contributed by atoms with van der Waals surface area (Å²) in [5.41, 5.74) is 2.64. The lowest BCUT2D eigenvalue weighted by molar-refractivity contribution is 0.356. The standard InChI is InChI=1S/C19H19NO4S/c1-21-12-8-9-13(17(10-12)23-3)15-11-25-19(20-15)14-6-5-7-16(22-2)18(14)24-4/h5-11H,1-4H3. The van der Waals surface area contributed by atoms with Gasteiger partial charge in [0.05, 0.1) is 39.7 Å². The van der Waals surface area contributed by atoms with E-state index in [-0.39, 0.29) is 0 Å². The molecule has 0 saturated carbocycles. The van der Waals surface area contributed by atoms with Crippen molar-refractivity contribution in [3.05, 3.63) is 41.8 Å². The Kier molecular flexibility index (Phi) is 5.09.